The van der Waals surface area contributed by atoms with Crippen LogP contribution in [-0.2, 0) is 0 Å². The number of hydroxylamine groups is 1. The van der Waals surface area contributed by atoms with E-state index >= 15 is 0 Å². The Balaban J connectivity index is 2.74. The average molecular weight is 196 g/mol. The smallest absolute Gasteiger partial charge is 0.269 e. The molecule has 1 aromatic carbocycles. The number of rotatable bonds is 3. The van der Waals surface area contributed by atoms with Crippen LogP contribution in [-0.4, -0.2) is 16.8 Å². The fourth-order valence-electron chi connectivity index (χ4n) is 0.786. The molecule has 0 heterocycles. The zero-order valence-electron chi connectivity index (χ0n) is 7.38. The minimum Gasteiger partial charge on any atom is -0.696 e. The molecule has 7 nitrogen and oxygen atoms in total. The second-order valence-electron chi connectivity index (χ2n) is 2.48. The second kappa shape index (κ2) is 4.17. The predicted molar refractivity (Wildman–Crippen MR) is 48.7 cm³/mol. The molecule has 7 heteroatoms. The fraction of sp³-hybridized carbons (Fsp3) is 0.143. The Morgan fingerprint density at radius 3 is 2.29 bits per heavy atom. The maximum atomic E-state index is 10.4. The lowest BCUT2D eigenvalue weighted by Gasteiger charge is -1.97. The number of hydrogen-bond acceptors (Lipinski definition) is 4. The molecule has 0 spiro atoms. The highest BCUT2D eigenvalue weighted by Gasteiger charge is 2.04. The van der Waals surface area contributed by atoms with E-state index < -0.39 is 4.92 Å². The van der Waals surface area contributed by atoms with Crippen LogP contribution in [0, 0.1) is 15.3 Å². The number of anilines is 1. The quantitative estimate of drug-likeness (QED) is 0.343. The van der Waals surface area contributed by atoms with Crippen molar-refractivity contribution in [1.82, 2.24) is 0 Å². The van der Waals surface area contributed by atoms with Gasteiger partial charge in [0, 0.05) is 12.1 Å². The van der Waals surface area contributed by atoms with Crippen LogP contribution in [0.25, 0.3) is 0 Å². The van der Waals surface area contributed by atoms with Gasteiger partial charge in [-0.2, -0.15) is 4.86 Å². The summed E-state index contributed by atoms with van der Waals surface area (Å²) >= 11 is 0. The maximum absolute atomic E-state index is 10.4. The van der Waals surface area contributed by atoms with Gasteiger partial charge in [0.15, 0.2) is 0 Å². The molecule has 0 atom stereocenters. The van der Waals surface area contributed by atoms with Gasteiger partial charge in [0.05, 0.1) is 10.1 Å². The van der Waals surface area contributed by atoms with Gasteiger partial charge >= 0.3 is 0 Å². The first-order valence-electron chi connectivity index (χ1n) is 3.71. The van der Waals surface area contributed by atoms with Gasteiger partial charge in [-0.05, 0) is 12.1 Å². The van der Waals surface area contributed by atoms with Crippen molar-refractivity contribution in [2.24, 2.45) is 5.22 Å². The van der Waals surface area contributed by atoms with Gasteiger partial charge in [-0.15, -0.1) is 5.43 Å². The molecule has 14 heavy (non-hydrogen) atoms. The lowest BCUT2D eigenvalue weighted by atomic mass is 10.3. The Kier molecular flexibility index (Phi) is 2.95. The van der Waals surface area contributed by atoms with Crippen LogP contribution in [0.15, 0.2) is 29.5 Å². The second-order valence-corrected chi connectivity index (χ2v) is 2.48. The van der Waals surface area contributed by atoms with Crippen molar-refractivity contribution in [1.29, 1.82) is 0 Å². The molecule has 0 fully saturated rings. The summed E-state index contributed by atoms with van der Waals surface area (Å²) in [7, 11) is 1.22. The summed E-state index contributed by atoms with van der Waals surface area (Å²) in [4.78, 5) is 10.1. The molecule has 0 bridgehead atoms. The Bertz CT molecular complexity index is 356. The summed E-state index contributed by atoms with van der Waals surface area (Å²) in [5.41, 5.74) is 2.93. The van der Waals surface area contributed by atoms with Crippen LogP contribution in [0.1, 0.15) is 0 Å². The van der Waals surface area contributed by atoms with Crippen molar-refractivity contribution < 1.29 is 9.78 Å². The Morgan fingerprint density at radius 1 is 1.29 bits per heavy atom. The lowest BCUT2D eigenvalue weighted by Crippen LogP contribution is -1.96. The molecule has 0 amide bonds. The monoisotopic (exact) mass is 196 g/mol. The highest BCUT2D eigenvalue weighted by molar-refractivity contribution is 5.47. The van der Waals surface area contributed by atoms with Gasteiger partial charge in [0.25, 0.3) is 5.69 Å². The molecular formula is C7H8N4O3. The van der Waals surface area contributed by atoms with Crippen LogP contribution in [0.3, 0.4) is 0 Å². The van der Waals surface area contributed by atoms with Crippen LogP contribution < -0.4 is 5.43 Å². The predicted octanol–water partition coefficient (Wildman–Crippen LogP) is 1.51. The van der Waals surface area contributed by atoms with Crippen molar-refractivity contribution in [3.63, 3.8) is 0 Å². The molecular weight excluding hydrogens is 188 g/mol. The van der Waals surface area contributed by atoms with Crippen molar-refractivity contribution in [2.45, 2.75) is 0 Å². The van der Waals surface area contributed by atoms with Gasteiger partial charge in [-0.3, -0.25) is 10.1 Å². The summed E-state index contributed by atoms with van der Waals surface area (Å²) < 4.78 is 0. The third-order valence-corrected chi connectivity index (χ3v) is 1.40. The molecule has 0 radical (unpaired) electrons. The third kappa shape index (κ3) is 2.70. The minimum absolute atomic E-state index is 0.00831. The van der Waals surface area contributed by atoms with E-state index in [2.05, 4.69) is 10.6 Å². The third-order valence-electron chi connectivity index (χ3n) is 1.40. The molecule has 0 aliphatic rings. The first-order chi connectivity index (χ1) is 6.59. The largest absolute Gasteiger partial charge is 0.696 e. The number of nitrogens with one attached hydrogen (secondary N) is 1. The molecule has 1 N–H and O–H groups in total. The van der Waals surface area contributed by atoms with Crippen molar-refractivity contribution in [3.8, 4) is 0 Å². The van der Waals surface area contributed by atoms with Gasteiger partial charge in [-0.25, -0.2) is 0 Å². The molecule has 0 aliphatic carbocycles. The van der Waals surface area contributed by atoms with E-state index in [1.54, 1.807) is 0 Å². The zero-order chi connectivity index (χ0) is 10.6. The first kappa shape index (κ1) is 9.90. The summed E-state index contributed by atoms with van der Waals surface area (Å²) in [6.45, 7) is 0. The minimum atomic E-state index is -0.499. The number of nitro benzene ring substituents is 1. The van der Waals surface area contributed by atoms with E-state index in [0.717, 1.165) is 0 Å². The topological polar surface area (TPSA) is 93.6 Å². The lowest BCUT2D eigenvalue weighted by molar-refractivity contribution is -0.497. The van der Waals surface area contributed by atoms with Gasteiger partial charge < -0.3 is 5.21 Å². The van der Waals surface area contributed by atoms with Crippen LogP contribution in [0.4, 0.5) is 11.4 Å². The molecule has 74 valence electrons. The van der Waals surface area contributed by atoms with Gasteiger partial charge in [0.2, 0.25) is 0 Å². The van der Waals surface area contributed by atoms with E-state index in [1.165, 1.54) is 31.3 Å². The van der Waals surface area contributed by atoms with Crippen molar-refractivity contribution >= 4 is 11.4 Å². The Morgan fingerprint density at radius 2 is 1.86 bits per heavy atom. The van der Waals surface area contributed by atoms with Gasteiger partial charge in [0.1, 0.15) is 12.7 Å². The molecule has 1 rings (SSSR count). The summed E-state index contributed by atoms with van der Waals surface area (Å²) in [5, 5.41) is 24.0. The van der Waals surface area contributed by atoms with Crippen LogP contribution in [0.5, 0.6) is 0 Å². The maximum Gasteiger partial charge on any atom is 0.269 e. The molecule has 0 aromatic heterocycles. The first-order valence-corrected chi connectivity index (χ1v) is 3.71. The summed E-state index contributed by atoms with van der Waals surface area (Å²) in [6, 6.07) is 5.57. The Hall–Kier alpha value is -2.18. The molecule has 0 aliphatic heterocycles. The van der Waals surface area contributed by atoms with Crippen molar-refractivity contribution in [2.75, 3.05) is 12.5 Å². The van der Waals surface area contributed by atoms with Crippen LogP contribution >= 0.6 is 0 Å². The molecule has 0 saturated carbocycles. The van der Waals surface area contributed by atoms with E-state index in [1.807, 2.05) is 0 Å². The van der Waals surface area contributed by atoms with Crippen molar-refractivity contribution in [3.05, 3.63) is 39.6 Å². The Labute approximate surface area is 79.4 Å². The number of hydrogen-bond donors (Lipinski definition) is 1. The highest BCUT2D eigenvalue weighted by atomic mass is 16.6. The van der Waals surface area contributed by atoms with Gasteiger partial charge in [-0.1, -0.05) is 0 Å². The number of nitro groups is 1. The highest BCUT2D eigenvalue weighted by Crippen LogP contribution is 2.14. The molecule has 0 saturated heterocycles. The number of non-ortho nitro benzene ring substituents is 1. The molecule has 1 aromatic rings. The average Bonchev–Trinajstić information content (AvgIpc) is 2.15. The van der Waals surface area contributed by atoms with E-state index in [-0.39, 0.29) is 5.69 Å². The zero-order valence-corrected chi connectivity index (χ0v) is 7.38. The summed E-state index contributed by atoms with van der Waals surface area (Å²) in [5.74, 6) is 0. The molecule has 0 unspecified atom stereocenters. The normalized spacial score (nSPS) is 11.1. The van der Waals surface area contributed by atoms with E-state index in [4.69, 9.17) is 0 Å². The van der Waals surface area contributed by atoms with E-state index in [0.29, 0.717) is 10.5 Å². The number of nitrogens with zero attached hydrogens (tertiary/aromatic N) is 3. The summed E-state index contributed by atoms with van der Waals surface area (Å²) in [6.07, 6.45) is 0. The SMILES string of the molecule is C[N+]([O-])=NNc1ccc([N+](=O)[O-])cc1. The standard InChI is InChI=1S/C7H8N4O3/c1-10(12)9-8-6-2-4-7(5-3-6)11(13)14/h2-5,8H,1H3. The van der Waals surface area contributed by atoms with E-state index in [9.17, 15) is 15.3 Å². The number of benzene rings is 1. The van der Waals surface area contributed by atoms with Crippen LogP contribution in [0.2, 0.25) is 0 Å². The fourth-order valence-corrected chi connectivity index (χ4v) is 0.786.